The molecule has 0 radical (unpaired) electrons. The third-order valence-electron chi connectivity index (χ3n) is 4.23. The normalized spacial score (nSPS) is 11.6. The Morgan fingerprint density at radius 1 is 1.03 bits per heavy atom. The Labute approximate surface area is 176 Å². The van der Waals surface area contributed by atoms with Gasteiger partial charge in [-0.2, -0.15) is 5.10 Å². The molecule has 4 aromatic rings. The Balaban J connectivity index is 1.78. The van der Waals surface area contributed by atoms with Gasteiger partial charge in [0, 0.05) is 23.4 Å². The van der Waals surface area contributed by atoms with Crippen molar-refractivity contribution in [2.75, 3.05) is 10.0 Å². The first-order valence-corrected chi connectivity index (χ1v) is 10.9. The number of aromatic nitrogens is 4. The maximum absolute atomic E-state index is 12.8. The topological polar surface area (TPSA) is 102 Å². The standard InChI is InChI=1S/C19H17BrN6O2S/c1-12-7-8-13(9-15(12)20)22-18-19(24-17-6-4-3-5-16(17)23-18)25-29(27,28)14-10-21-26(2)11-14/h3-11H,1-2H3,(H,22,23)(H,24,25). The fraction of sp³-hybridized carbons (Fsp3) is 0.105. The summed E-state index contributed by atoms with van der Waals surface area (Å²) in [6.45, 7) is 1.98. The van der Waals surface area contributed by atoms with Crippen molar-refractivity contribution in [2.45, 2.75) is 11.8 Å². The van der Waals surface area contributed by atoms with Gasteiger partial charge in [0.2, 0.25) is 0 Å². The second kappa shape index (κ2) is 7.45. The van der Waals surface area contributed by atoms with Crippen LogP contribution in [-0.4, -0.2) is 28.2 Å². The van der Waals surface area contributed by atoms with Gasteiger partial charge >= 0.3 is 0 Å². The number of nitrogens with zero attached hydrogens (tertiary/aromatic N) is 4. The van der Waals surface area contributed by atoms with Gasteiger partial charge in [-0.1, -0.05) is 34.1 Å². The summed E-state index contributed by atoms with van der Waals surface area (Å²) in [5.74, 6) is 0.399. The predicted molar refractivity (Wildman–Crippen MR) is 116 cm³/mol. The van der Waals surface area contributed by atoms with Crippen LogP contribution in [0.5, 0.6) is 0 Å². The van der Waals surface area contributed by atoms with Crippen molar-refractivity contribution < 1.29 is 8.42 Å². The molecule has 0 amide bonds. The van der Waals surface area contributed by atoms with Crippen molar-refractivity contribution in [1.82, 2.24) is 19.7 Å². The van der Waals surface area contributed by atoms with Crippen molar-refractivity contribution in [3.05, 3.63) is 64.9 Å². The molecule has 2 aromatic heterocycles. The molecular weight excluding hydrogens is 456 g/mol. The summed E-state index contributed by atoms with van der Waals surface area (Å²) in [7, 11) is -2.23. The SMILES string of the molecule is Cc1ccc(Nc2nc3ccccc3nc2NS(=O)(=O)c2cnn(C)c2)cc1Br. The zero-order valence-electron chi connectivity index (χ0n) is 15.6. The zero-order valence-corrected chi connectivity index (χ0v) is 18.0. The maximum Gasteiger partial charge on any atom is 0.266 e. The zero-order chi connectivity index (χ0) is 20.6. The van der Waals surface area contributed by atoms with Crippen molar-refractivity contribution in [1.29, 1.82) is 0 Å². The van der Waals surface area contributed by atoms with Gasteiger partial charge < -0.3 is 5.32 Å². The number of sulfonamides is 1. The molecule has 148 valence electrons. The molecule has 0 unspecified atom stereocenters. The number of rotatable bonds is 5. The van der Waals surface area contributed by atoms with Crippen LogP contribution in [0.3, 0.4) is 0 Å². The number of aryl methyl sites for hydroxylation is 2. The lowest BCUT2D eigenvalue weighted by molar-refractivity contribution is 0.601. The number of halogens is 1. The van der Waals surface area contributed by atoms with Gasteiger partial charge in [-0.25, -0.2) is 18.4 Å². The number of para-hydroxylation sites is 2. The Bertz CT molecular complexity index is 1320. The van der Waals surface area contributed by atoms with E-state index in [1.54, 1.807) is 13.1 Å². The van der Waals surface area contributed by atoms with Crippen LogP contribution in [0.1, 0.15) is 5.56 Å². The Hall–Kier alpha value is -2.98. The number of benzene rings is 2. The molecule has 4 rings (SSSR count). The van der Waals surface area contributed by atoms with Crippen LogP contribution in [0.2, 0.25) is 0 Å². The molecule has 0 aliphatic heterocycles. The lowest BCUT2D eigenvalue weighted by Crippen LogP contribution is -2.15. The monoisotopic (exact) mass is 472 g/mol. The van der Waals surface area contributed by atoms with Crippen LogP contribution in [0.25, 0.3) is 11.0 Å². The van der Waals surface area contributed by atoms with Gasteiger partial charge in [-0.15, -0.1) is 0 Å². The van der Waals surface area contributed by atoms with Crippen LogP contribution in [-0.2, 0) is 17.1 Å². The Morgan fingerprint density at radius 2 is 1.72 bits per heavy atom. The number of fused-ring (bicyclic) bond motifs is 1. The van der Waals surface area contributed by atoms with E-state index in [9.17, 15) is 8.42 Å². The largest absolute Gasteiger partial charge is 0.337 e. The molecule has 2 aromatic carbocycles. The minimum absolute atomic E-state index is 0.0407. The summed E-state index contributed by atoms with van der Waals surface area (Å²) >= 11 is 3.50. The summed E-state index contributed by atoms with van der Waals surface area (Å²) in [6, 6.07) is 13.0. The van der Waals surface area contributed by atoms with E-state index in [4.69, 9.17) is 0 Å². The van der Waals surface area contributed by atoms with E-state index in [1.165, 1.54) is 17.1 Å². The van der Waals surface area contributed by atoms with Crippen LogP contribution in [0.4, 0.5) is 17.3 Å². The summed E-state index contributed by atoms with van der Waals surface area (Å²) in [4.78, 5) is 9.08. The van der Waals surface area contributed by atoms with Gasteiger partial charge in [0.1, 0.15) is 4.90 Å². The molecule has 8 nitrogen and oxygen atoms in total. The lowest BCUT2D eigenvalue weighted by Gasteiger charge is -2.14. The van der Waals surface area contributed by atoms with Gasteiger partial charge in [0.15, 0.2) is 11.6 Å². The average Bonchev–Trinajstić information content (AvgIpc) is 3.12. The highest BCUT2D eigenvalue weighted by Crippen LogP contribution is 2.29. The number of hydrogen-bond acceptors (Lipinski definition) is 6. The van der Waals surface area contributed by atoms with Crippen molar-refractivity contribution in [3.8, 4) is 0 Å². The molecule has 29 heavy (non-hydrogen) atoms. The fourth-order valence-electron chi connectivity index (χ4n) is 2.69. The molecule has 0 bridgehead atoms. The third-order valence-corrected chi connectivity index (χ3v) is 6.38. The molecule has 0 fully saturated rings. The fourth-order valence-corrected chi connectivity index (χ4v) is 4.06. The Kier molecular flexibility index (Phi) is 4.97. The molecule has 0 saturated carbocycles. The van der Waals surface area contributed by atoms with E-state index in [0.29, 0.717) is 16.9 Å². The molecule has 0 aliphatic rings. The van der Waals surface area contributed by atoms with E-state index >= 15 is 0 Å². The quantitative estimate of drug-likeness (QED) is 0.455. The molecule has 10 heteroatoms. The van der Waals surface area contributed by atoms with Gasteiger partial charge in [-0.05, 0) is 36.8 Å². The van der Waals surface area contributed by atoms with Crippen molar-refractivity contribution in [3.63, 3.8) is 0 Å². The van der Waals surface area contributed by atoms with Crippen LogP contribution in [0, 0.1) is 6.92 Å². The van der Waals surface area contributed by atoms with E-state index in [0.717, 1.165) is 15.7 Å². The maximum atomic E-state index is 12.8. The second-order valence-corrected chi connectivity index (χ2v) is 8.99. The highest BCUT2D eigenvalue weighted by Gasteiger charge is 2.20. The summed E-state index contributed by atoms with van der Waals surface area (Å²) < 4.78 is 30.4. The molecular formula is C19H17BrN6O2S. The molecule has 2 heterocycles. The summed E-state index contributed by atoms with van der Waals surface area (Å²) in [5, 5.41) is 7.08. The van der Waals surface area contributed by atoms with E-state index in [1.807, 2.05) is 43.3 Å². The van der Waals surface area contributed by atoms with Crippen molar-refractivity contribution >= 4 is 54.3 Å². The number of hydrogen-bond donors (Lipinski definition) is 2. The van der Waals surface area contributed by atoms with Crippen molar-refractivity contribution in [2.24, 2.45) is 7.05 Å². The van der Waals surface area contributed by atoms with Crippen LogP contribution in [0.15, 0.2) is 64.2 Å². The van der Waals surface area contributed by atoms with Crippen LogP contribution < -0.4 is 10.0 Å². The highest BCUT2D eigenvalue weighted by molar-refractivity contribution is 9.10. The predicted octanol–water partition coefficient (Wildman–Crippen LogP) is 3.98. The third kappa shape index (κ3) is 4.08. The Morgan fingerprint density at radius 3 is 2.34 bits per heavy atom. The summed E-state index contributed by atoms with van der Waals surface area (Å²) in [6.07, 6.45) is 2.70. The smallest absolute Gasteiger partial charge is 0.266 e. The lowest BCUT2D eigenvalue weighted by atomic mass is 10.2. The number of anilines is 3. The molecule has 2 N–H and O–H groups in total. The first-order valence-electron chi connectivity index (χ1n) is 8.63. The van der Waals surface area contributed by atoms with Crippen LogP contribution >= 0.6 is 15.9 Å². The molecule has 0 atom stereocenters. The molecule has 0 aliphatic carbocycles. The molecule has 0 spiro atoms. The highest BCUT2D eigenvalue weighted by atomic mass is 79.9. The van der Waals surface area contributed by atoms with E-state index in [-0.39, 0.29) is 10.7 Å². The van der Waals surface area contributed by atoms with Gasteiger partial charge in [0.25, 0.3) is 10.0 Å². The van der Waals surface area contributed by atoms with E-state index in [2.05, 4.69) is 41.0 Å². The first-order chi connectivity index (χ1) is 13.8. The summed E-state index contributed by atoms with van der Waals surface area (Å²) in [5.41, 5.74) is 3.05. The van der Waals surface area contributed by atoms with Gasteiger partial charge in [-0.3, -0.25) is 9.40 Å². The molecule has 0 saturated heterocycles. The van der Waals surface area contributed by atoms with Gasteiger partial charge in [0.05, 0.1) is 17.2 Å². The average molecular weight is 473 g/mol. The first kappa shape index (κ1) is 19.3. The minimum atomic E-state index is -3.88. The minimum Gasteiger partial charge on any atom is -0.337 e. The second-order valence-electron chi connectivity index (χ2n) is 6.45. The number of nitrogens with one attached hydrogen (secondary N) is 2. The van der Waals surface area contributed by atoms with E-state index < -0.39 is 10.0 Å².